The van der Waals surface area contributed by atoms with Crippen molar-refractivity contribution >= 4 is 12.0 Å². The van der Waals surface area contributed by atoms with E-state index in [1.165, 1.54) is 11.7 Å². The Kier molecular flexibility index (Phi) is 3.65. The van der Waals surface area contributed by atoms with Crippen LogP contribution in [0.25, 0.3) is 5.69 Å². The number of aromatic nitrogens is 2. The number of carboxylic acid groups (broad SMARTS) is 1. The van der Waals surface area contributed by atoms with Gasteiger partial charge in [0.25, 0.3) is 5.69 Å². The standard InChI is InChI=1S/C12H11N3O5/c1-13-12(19)15-14(8-5-3-2-4-6-8)9(7-10(16)17)11(18)20-15/h2-6H,7H2,1H3,(H-2,13,16,17,18,19)/p+2. The highest BCUT2D eigenvalue weighted by Gasteiger charge is 2.40. The first-order chi connectivity index (χ1) is 9.54. The molecule has 104 valence electrons. The number of carbonyl (C=O) groups excluding carboxylic acids is 1. The van der Waals surface area contributed by atoms with Crippen molar-refractivity contribution in [2.75, 3.05) is 7.05 Å². The predicted octanol–water partition coefficient (Wildman–Crippen LogP) is -0.636. The average molecular weight is 279 g/mol. The zero-order valence-corrected chi connectivity index (χ0v) is 10.6. The summed E-state index contributed by atoms with van der Waals surface area (Å²) in [6.07, 6.45) is -0.492. The smallest absolute Gasteiger partial charge is 0.481 e. The summed E-state index contributed by atoms with van der Waals surface area (Å²) in [5, 5.41) is 20.9. The van der Waals surface area contributed by atoms with Crippen LogP contribution in [0.15, 0.2) is 34.9 Å². The van der Waals surface area contributed by atoms with Crippen LogP contribution in [0.2, 0.25) is 0 Å². The second-order valence-corrected chi connectivity index (χ2v) is 3.89. The van der Waals surface area contributed by atoms with Gasteiger partial charge in [-0.25, -0.2) is 5.32 Å². The molecular weight excluding hydrogens is 266 g/mol. The van der Waals surface area contributed by atoms with Crippen LogP contribution in [0.5, 0.6) is 5.95 Å². The van der Waals surface area contributed by atoms with Gasteiger partial charge in [-0.15, -0.1) is 0 Å². The SMILES string of the molecule is CNC(=O)[n+]1oc(O)c(CC(=O)O)[n+]1-c1ccccc1. The zero-order chi connectivity index (χ0) is 14.7. The van der Waals surface area contributed by atoms with Crippen molar-refractivity contribution in [1.29, 1.82) is 0 Å². The Hall–Kier alpha value is -2.90. The first kappa shape index (κ1) is 13.5. The summed E-state index contributed by atoms with van der Waals surface area (Å²) in [6, 6.07) is 7.85. The summed E-state index contributed by atoms with van der Waals surface area (Å²) >= 11 is 0. The van der Waals surface area contributed by atoms with Crippen LogP contribution in [0, 0.1) is 0 Å². The van der Waals surface area contributed by atoms with Crippen LogP contribution in [-0.4, -0.2) is 29.3 Å². The number of para-hydroxylation sites is 1. The van der Waals surface area contributed by atoms with Gasteiger partial charge in [0.1, 0.15) is 6.42 Å². The van der Waals surface area contributed by atoms with E-state index in [0.717, 1.165) is 4.85 Å². The van der Waals surface area contributed by atoms with Gasteiger partial charge in [-0.1, -0.05) is 18.2 Å². The maximum absolute atomic E-state index is 11.7. The minimum absolute atomic E-state index is 0.0349. The fourth-order valence-electron chi connectivity index (χ4n) is 1.73. The summed E-state index contributed by atoms with van der Waals surface area (Å²) < 4.78 is 6.11. The predicted molar refractivity (Wildman–Crippen MR) is 63.3 cm³/mol. The minimum Gasteiger partial charge on any atom is -0.481 e. The molecule has 0 bridgehead atoms. The molecule has 3 N–H and O–H groups in total. The van der Waals surface area contributed by atoms with Crippen molar-refractivity contribution in [2.24, 2.45) is 0 Å². The number of carbonyl (C=O) groups is 2. The van der Waals surface area contributed by atoms with Crippen molar-refractivity contribution in [3.8, 4) is 11.6 Å². The number of benzene rings is 1. The Morgan fingerprint density at radius 1 is 1.30 bits per heavy atom. The third-order valence-electron chi connectivity index (χ3n) is 2.56. The lowest BCUT2D eigenvalue weighted by atomic mass is 10.3. The van der Waals surface area contributed by atoms with Gasteiger partial charge in [-0.3, -0.25) is 4.79 Å². The molecule has 0 aliphatic carbocycles. The highest BCUT2D eigenvalue weighted by Crippen LogP contribution is 2.13. The molecule has 0 spiro atoms. The van der Waals surface area contributed by atoms with Crippen LogP contribution < -0.4 is 14.9 Å². The number of hydrogen-bond acceptors (Lipinski definition) is 4. The van der Waals surface area contributed by atoms with E-state index < -0.39 is 24.4 Å². The lowest BCUT2D eigenvalue weighted by molar-refractivity contribution is -1.23. The Morgan fingerprint density at radius 2 is 1.95 bits per heavy atom. The number of aromatic hydroxyl groups is 1. The van der Waals surface area contributed by atoms with Gasteiger partial charge >= 0.3 is 23.6 Å². The third-order valence-corrected chi connectivity index (χ3v) is 2.56. The molecule has 0 atom stereocenters. The highest BCUT2D eigenvalue weighted by atomic mass is 16.6. The molecule has 1 aromatic carbocycles. The molecule has 20 heavy (non-hydrogen) atoms. The molecule has 8 nitrogen and oxygen atoms in total. The van der Waals surface area contributed by atoms with Gasteiger partial charge in [0.15, 0.2) is 0 Å². The fourth-order valence-corrected chi connectivity index (χ4v) is 1.73. The van der Waals surface area contributed by atoms with Gasteiger partial charge in [-0.2, -0.15) is 9.32 Å². The molecular formula is C12H13N3O5+2. The van der Waals surface area contributed by atoms with E-state index in [2.05, 4.69) is 5.32 Å². The first-order valence-corrected chi connectivity index (χ1v) is 5.73. The van der Waals surface area contributed by atoms with Gasteiger partial charge in [0.05, 0.1) is 11.7 Å². The number of nitrogens with zero attached hydrogens (tertiary/aromatic N) is 2. The number of rotatable bonds is 3. The molecule has 0 unspecified atom stereocenters. The lowest BCUT2D eigenvalue weighted by Crippen LogP contribution is -2.70. The van der Waals surface area contributed by atoms with E-state index in [1.54, 1.807) is 30.3 Å². The molecule has 1 amide bonds. The van der Waals surface area contributed by atoms with Crippen LogP contribution in [-0.2, 0) is 11.2 Å². The van der Waals surface area contributed by atoms with Crippen molar-refractivity contribution in [3.05, 3.63) is 36.0 Å². The summed E-state index contributed by atoms with van der Waals surface area (Å²) in [5.41, 5.74) is 0.448. The van der Waals surface area contributed by atoms with E-state index in [1.807, 2.05) is 0 Å². The lowest BCUT2D eigenvalue weighted by Gasteiger charge is -1.92. The largest absolute Gasteiger partial charge is 0.592 e. The maximum atomic E-state index is 11.7. The molecule has 0 radical (unpaired) electrons. The van der Waals surface area contributed by atoms with Crippen LogP contribution >= 0.6 is 0 Å². The molecule has 1 aromatic heterocycles. The molecule has 0 aliphatic rings. The van der Waals surface area contributed by atoms with Gasteiger partial charge in [0.2, 0.25) is 4.85 Å². The van der Waals surface area contributed by atoms with Crippen molar-refractivity contribution in [1.82, 2.24) is 5.32 Å². The molecule has 1 heterocycles. The summed E-state index contributed by atoms with van der Waals surface area (Å²) in [4.78, 5) is 23.4. The van der Waals surface area contributed by atoms with Gasteiger partial charge in [-0.05, 0) is 0 Å². The molecule has 2 aromatic rings. The second-order valence-electron chi connectivity index (χ2n) is 3.89. The quantitative estimate of drug-likeness (QED) is 0.648. The first-order valence-electron chi connectivity index (χ1n) is 5.73. The molecule has 0 saturated carbocycles. The summed E-state index contributed by atoms with van der Waals surface area (Å²) in [6.45, 7) is 0. The van der Waals surface area contributed by atoms with Gasteiger partial charge < -0.3 is 10.2 Å². The zero-order valence-electron chi connectivity index (χ0n) is 10.6. The Balaban J connectivity index is 2.66. The average Bonchev–Trinajstić information content (AvgIpc) is 2.75. The van der Waals surface area contributed by atoms with Crippen molar-refractivity contribution in [2.45, 2.75) is 6.42 Å². The van der Waals surface area contributed by atoms with E-state index in [-0.39, 0.29) is 5.69 Å². The normalized spacial score (nSPS) is 10.2. The molecule has 0 aliphatic heterocycles. The number of nitrogens with one attached hydrogen (secondary N) is 1. The minimum atomic E-state index is -1.16. The summed E-state index contributed by atoms with van der Waals surface area (Å²) in [7, 11) is 1.39. The molecule has 0 saturated heterocycles. The van der Waals surface area contributed by atoms with E-state index in [4.69, 9.17) is 9.63 Å². The molecule has 0 fully saturated rings. The molecule has 2 rings (SSSR count). The van der Waals surface area contributed by atoms with Crippen LogP contribution in [0.3, 0.4) is 0 Å². The summed E-state index contributed by atoms with van der Waals surface area (Å²) in [5.74, 6) is -1.78. The fraction of sp³-hybridized carbons (Fsp3) is 0.167. The van der Waals surface area contributed by atoms with Gasteiger partial charge in [0, 0.05) is 12.1 Å². The van der Waals surface area contributed by atoms with E-state index >= 15 is 0 Å². The third kappa shape index (κ3) is 2.44. The monoisotopic (exact) mass is 279 g/mol. The highest BCUT2D eigenvalue weighted by molar-refractivity contribution is 5.69. The van der Waals surface area contributed by atoms with E-state index in [0.29, 0.717) is 5.69 Å². The van der Waals surface area contributed by atoms with Crippen LogP contribution in [0.1, 0.15) is 5.69 Å². The second kappa shape index (κ2) is 5.39. The number of amides is 1. The Labute approximate surface area is 113 Å². The molecule has 8 heteroatoms. The van der Waals surface area contributed by atoms with Crippen molar-refractivity contribution in [3.63, 3.8) is 0 Å². The number of carboxylic acids is 1. The Bertz CT molecular complexity index is 651. The van der Waals surface area contributed by atoms with Crippen molar-refractivity contribution < 1.29 is 33.9 Å². The van der Waals surface area contributed by atoms with E-state index in [9.17, 15) is 14.7 Å². The van der Waals surface area contributed by atoms with Crippen LogP contribution in [0.4, 0.5) is 4.79 Å². The number of aliphatic carboxylic acids is 1. The maximum Gasteiger partial charge on any atom is 0.592 e. The number of hydrogen-bond donors (Lipinski definition) is 3. The topological polar surface area (TPSA) is 108 Å². The Morgan fingerprint density at radius 3 is 2.50 bits per heavy atom.